The fraction of sp³-hybridized carbons (Fsp3) is 0.571. The lowest BCUT2D eigenvalue weighted by Crippen LogP contribution is -2.44. The van der Waals surface area contributed by atoms with Crippen LogP contribution in [-0.4, -0.2) is 61.5 Å². The highest BCUT2D eigenvalue weighted by atomic mass is 19.4. The first-order chi connectivity index (χ1) is 8.67. The molecular weight excluding hydrogens is 273 g/mol. The third-order valence-corrected chi connectivity index (χ3v) is 1.71. The Bertz CT molecular complexity index is 473. The van der Waals surface area contributed by atoms with Gasteiger partial charge in [-0.1, -0.05) is 5.10 Å². The SMILES string of the molecule is Cn1nnc(NC(=O)N(CC(=O)O)CC(F)(F)F)n1. The summed E-state index contributed by atoms with van der Waals surface area (Å²) in [6.07, 6.45) is -4.72. The van der Waals surface area contributed by atoms with Gasteiger partial charge in [-0.25, -0.2) is 4.79 Å². The van der Waals surface area contributed by atoms with Gasteiger partial charge >= 0.3 is 18.2 Å². The quantitative estimate of drug-likeness (QED) is 0.783. The van der Waals surface area contributed by atoms with E-state index in [1.54, 1.807) is 0 Å². The summed E-state index contributed by atoms with van der Waals surface area (Å²) in [5, 5.41) is 20.6. The van der Waals surface area contributed by atoms with Crippen molar-refractivity contribution in [1.82, 2.24) is 25.1 Å². The van der Waals surface area contributed by atoms with Gasteiger partial charge in [-0.15, -0.1) is 5.10 Å². The minimum absolute atomic E-state index is 0.0681. The number of hydrogen-bond acceptors (Lipinski definition) is 5. The van der Waals surface area contributed by atoms with Gasteiger partial charge in [0.2, 0.25) is 0 Å². The van der Waals surface area contributed by atoms with Crippen LogP contribution in [0.4, 0.5) is 23.9 Å². The van der Waals surface area contributed by atoms with Crippen molar-refractivity contribution < 1.29 is 27.9 Å². The van der Waals surface area contributed by atoms with Crippen molar-refractivity contribution in [2.75, 3.05) is 18.4 Å². The first-order valence-electron chi connectivity index (χ1n) is 4.76. The van der Waals surface area contributed by atoms with Crippen LogP contribution >= 0.6 is 0 Å². The van der Waals surface area contributed by atoms with E-state index >= 15 is 0 Å². The Morgan fingerprint density at radius 1 is 1.47 bits per heavy atom. The van der Waals surface area contributed by atoms with Crippen molar-refractivity contribution in [3.63, 3.8) is 0 Å². The number of hydrogen-bond donors (Lipinski definition) is 2. The number of carboxylic acid groups (broad SMARTS) is 1. The zero-order valence-corrected chi connectivity index (χ0v) is 9.55. The molecule has 19 heavy (non-hydrogen) atoms. The maximum atomic E-state index is 12.2. The number of nitrogens with zero attached hydrogens (tertiary/aromatic N) is 5. The van der Waals surface area contributed by atoms with E-state index in [2.05, 4.69) is 15.4 Å². The molecule has 0 atom stereocenters. The molecule has 9 nitrogen and oxygen atoms in total. The topological polar surface area (TPSA) is 113 Å². The highest BCUT2D eigenvalue weighted by Gasteiger charge is 2.34. The lowest BCUT2D eigenvalue weighted by Gasteiger charge is -2.21. The molecule has 0 saturated heterocycles. The molecule has 0 aliphatic carbocycles. The van der Waals surface area contributed by atoms with Crippen molar-refractivity contribution in [2.24, 2.45) is 7.05 Å². The minimum atomic E-state index is -4.72. The minimum Gasteiger partial charge on any atom is -0.480 e. The lowest BCUT2D eigenvalue weighted by molar-refractivity contribution is -0.148. The van der Waals surface area contributed by atoms with Gasteiger partial charge in [0, 0.05) is 0 Å². The Hall–Kier alpha value is -2.40. The summed E-state index contributed by atoms with van der Waals surface area (Å²) in [6.45, 7) is -2.81. The summed E-state index contributed by atoms with van der Waals surface area (Å²) in [5.74, 6) is -1.91. The van der Waals surface area contributed by atoms with Crippen LogP contribution in [0.15, 0.2) is 0 Å². The van der Waals surface area contributed by atoms with Crippen molar-refractivity contribution >= 4 is 17.9 Å². The molecule has 0 spiro atoms. The predicted molar refractivity (Wildman–Crippen MR) is 53.1 cm³/mol. The molecule has 106 valence electrons. The van der Waals surface area contributed by atoms with Gasteiger partial charge < -0.3 is 10.0 Å². The van der Waals surface area contributed by atoms with Gasteiger partial charge in [0.15, 0.2) is 0 Å². The highest BCUT2D eigenvalue weighted by molar-refractivity contribution is 5.89. The second-order valence-corrected chi connectivity index (χ2v) is 3.40. The lowest BCUT2D eigenvalue weighted by atomic mass is 10.5. The van der Waals surface area contributed by atoms with Crippen LogP contribution in [0.2, 0.25) is 0 Å². The third-order valence-electron chi connectivity index (χ3n) is 1.71. The van der Waals surface area contributed by atoms with Crippen molar-refractivity contribution in [2.45, 2.75) is 6.18 Å². The summed E-state index contributed by atoms with van der Waals surface area (Å²) < 4.78 is 36.6. The summed E-state index contributed by atoms with van der Waals surface area (Å²) in [4.78, 5) is 22.9. The third kappa shape index (κ3) is 5.18. The molecule has 1 aromatic rings. The Balaban J connectivity index is 2.73. The Labute approximate surface area is 104 Å². The van der Waals surface area contributed by atoms with Crippen molar-refractivity contribution in [3.8, 4) is 0 Å². The van der Waals surface area contributed by atoms with Gasteiger partial charge in [0.05, 0.1) is 7.05 Å². The number of rotatable bonds is 4. The molecule has 0 aromatic carbocycles. The van der Waals surface area contributed by atoms with Crippen LogP contribution in [0.25, 0.3) is 0 Å². The van der Waals surface area contributed by atoms with E-state index in [-0.39, 0.29) is 10.8 Å². The number of amides is 2. The number of carbonyl (C=O) groups excluding carboxylic acids is 1. The average molecular weight is 282 g/mol. The Morgan fingerprint density at radius 2 is 2.11 bits per heavy atom. The molecule has 0 bridgehead atoms. The van der Waals surface area contributed by atoms with Crippen LogP contribution in [0.5, 0.6) is 0 Å². The molecule has 1 aromatic heterocycles. The second kappa shape index (κ2) is 5.49. The standard InChI is InChI=1S/C7H9F3N6O3/c1-15-13-5(12-14-15)11-6(19)16(2-4(17)18)3-7(8,9)10/h2-3H2,1H3,(H,17,18)(H,11,13,19). The number of aliphatic carboxylic acids is 1. The summed E-state index contributed by atoms with van der Waals surface area (Å²) in [6, 6.07) is -1.28. The first-order valence-corrected chi connectivity index (χ1v) is 4.76. The van der Waals surface area contributed by atoms with E-state index in [9.17, 15) is 22.8 Å². The Kier molecular flexibility index (Phi) is 4.24. The molecular formula is C7H9F3N6O3. The fourth-order valence-electron chi connectivity index (χ4n) is 1.09. The first kappa shape index (κ1) is 14.7. The smallest absolute Gasteiger partial charge is 0.406 e. The number of nitrogens with one attached hydrogen (secondary N) is 1. The molecule has 0 unspecified atom stereocenters. The van der Waals surface area contributed by atoms with E-state index in [1.807, 2.05) is 5.32 Å². The number of halogens is 3. The molecule has 12 heteroatoms. The van der Waals surface area contributed by atoms with Crippen molar-refractivity contribution in [1.29, 1.82) is 0 Å². The zero-order valence-electron chi connectivity index (χ0n) is 9.55. The van der Waals surface area contributed by atoms with Gasteiger partial charge in [-0.3, -0.25) is 10.1 Å². The Morgan fingerprint density at radius 3 is 2.53 bits per heavy atom. The monoisotopic (exact) mass is 282 g/mol. The van der Waals surface area contributed by atoms with Crippen LogP contribution in [0, 0.1) is 0 Å². The molecule has 0 saturated carbocycles. The van der Waals surface area contributed by atoms with Crippen LogP contribution < -0.4 is 5.32 Å². The van der Waals surface area contributed by atoms with E-state index in [0.717, 1.165) is 4.80 Å². The van der Waals surface area contributed by atoms with Gasteiger partial charge in [0.1, 0.15) is 13.1 Å². The van der Waals surface area contributed by atoms with Gasteiger partial charge in [-0.2, -0.15) is 18.0 Å². The van der Waals surface area contributed by atoms with E-state index in [4.69, 9.17) is 5.11 Å². The number of alkyl halides is 3. The van der Waals surface area contributed by atoms with Crippen LogP contribution in [0.1, 0.15) is 0 Å². The van der Waals surface area contributed by atoms with Gasteiger partial charge in [-0.05, 0) is 5.21 Å². The molecule has 2 N–H and O–H groups in total. The summed E-state index contributed by atoms with van der Waals surface area (Å²) in [5.41, 5.74) is 0. The maximum absolute atomic E-state index is 12.2. The number of anilines is 1. The van der Waals surface area contributed by atoms with Crippen LogP contribution in [-0.2, 0) is 11.8 Å². The molecule has 0 fully saturated rings. The van der Waals surface area contributed by atoms with Crippen molar-refractivity contribution in [3.05, 3.63) is 0 Å². The molecule has 1 rings (SSSR count). The van der Waals surface area contributed by atoms with E-state index < -0.39 is 31.3 Å². The number of aryl methyl sites for hydroxylation is 1. The fourth-order valence-corrected chi connectivity index (χ4v) is 1.09. The van der Waals surface area contributed by atoms with Crippen LogP contribution in [0.3, 0.4) is 0 Å². The van der Waals surface area contributed by atoms with Gasteiger partial charge in [0.25, 0.3) is 5.95 Å². The largest absolute Gasteiger partial charge is 0.480 e. The normalized spacial score (nSPS) is 11.2. The number of aromatic nitrogens is 4. The molecule has 0 aliphatic rings. The molecule has 0 aliphatic heterocycles. The molecule has 1 heterocycles. The number of urea groups is 1. The highest BCUT2D eigenvalue weighted by Crippen LogP contribution is 2.16. The number of carboxylic acids is 1. The predicted octanol–water partition coefficient (Wildman–Crippen LogP) is -0.309. The van der Waals surface area contributed by atoms with E-state index in [0.29, 0.717) is 0 Å². The summed E-state index contributed by atoms with van der Waals surface area (Å²) >= 11 is 0. The molecule has 0 radical (unpaired) electrons. The number of carbonyl (C=O) groups is 2. The summed E-state index contributed by atoms with van der Waals surface area (Å²) in [7, 11) is 1.38. The zero-order chi connectivity index (χ0) is 14.6. The maximum Gasteiger partial charge on any atom is 0.406 e. The molecule has 2 amide bonds. The van der Waals surface area contributed by atoms with E-state index in [1.165, 1.54) is 7.05 Å². The number of tetrazole rings is 1. The average Bonchev–Trinajstić information content (AvgIpc) is 2.60. The second-order valence-electron chi connectivity index (χ2n) is 3.40.